The Balaban J connectivity index is 1.90. The lowest BCUT2D eigenvalue weighted by Crippen LogP contribution is -2.40. The van der Waals surface area contributed by atoms with Gasteiger partial charge in [-0.05, 0) is 63.1 Å². The van der Waals surface area contributed by atoms with E-state index in [1.807, 2.05) is 11.3 Å². The number of piperidine rings is 1. The van der Waals surface area contributed by atoms with Crippen LogP contribution in [-0.2, 0) is 9.53 Å². The fourth-order valence-electron chi connectivity index (χ4n) is 3.43. The van der Waals surface area contributed by atoms with Gasteiger partial charge in [0.15, 0.2) is 5.96 Å². The number of esters is 1. The first kappa shape index (κ1) is 22.7. The first-order valence-electron chi connectivity index (χ1n) is 10.5. The molecule has 2 rings (SSSR count). The molecule has 0 radical (unpaired) electrons. The Bertz CT molecular complexity index is 583. The van der Waals surface area contributed by atoms with E-state index >= 15 is 0 Å². The highest BCUT2D eigenvalue weighted by molar-refractivity contribution is 7.10. The molecule has 2 N–H and O–H groups in total. The first-order chi connectivity index (χ1) is 13.6. The fourth-order valence-corrected chi connectivity index (χ4v) is 4.28. The van der Waals surface area contributed by atoms with Crippen LogP contribution in [0.15, 0.2) is 22.5 Å². The molecule has 158 valence electrons. The molecule has 0 aliphatic carbocycles. The van der Waals surface area contributed by atoms with Gasteiger partial charge in [0.1, 0.15) is 0 Å². The molecule has 1 unspecified atom stereocenters. The molecule has 1 aliphatic heterocycles. The van der Waals surface area contributed by atoms with Gasteiger partial charge in [-0.1, -0.05) is 13.0 Å². The number of carbonyl (C=O) groups is 1. The van der Waals surface area contributed by atoms with Crippen molar-refractivity contribution in [3.63, 3.8) is 0 Å². The largest absolute Gasteiger partial charge is 0.469 e. The number of nitrogens with one attached hydrogen (secondary N) is 2. The zero-order valence-electron chi connectivity index (χ0n) is 17.6. The number of ether oxygens (including phenoxy) is 1. The molecule has 0 saturated carbocycles. The van der Waals surface area contributed by atoms with Gasteiger partial charge >= 0.3 is 5.97 Å². The van der Waals surface area contributed by atoms with Gasteiger partial charge in [-0.2, -0.15) is 0 Å². The second kappa shape index (κ2) is 12.8. The average Bonchev–Trinajstić information content (AvgIpc) is 3.23. The average molecular weight is 409 g/mol. The summed E-state index contributed by atoms with van der Waals surface area (Å²) in [4.78, 5) is 20.1. The SMILES string of the molecule is CCNC(=NCC(c1cccs1)N1CCC(C)CC1)NCCCCC(=O)OC. The van der Waals surface area contributed by atoms with Crippen molar-refractivity contribution < 1.29 is 9.53 Å². The minimum atomic E-state index is -0.143. The Hall–Kier alpha value is -1.60. The van der Waals surface area contributed by atoms with Gasteiger partial charge in [0.05, 0.1) is 19.7 Å². The van der Waals surface area contributed by atoms with Crippen LogP contribution in [0.25, 0.3) is 0 Å². The van der Waals surface area contributed by atoms with E-state index in [0.717, 1.165) is 57.4 Å². The van der Waals surface area contributed by atoms with E-state index in [-0.39, 0.29) is 5.97 Å². The van der Waals surface area contributed by atoms with Crippen LogP contribution in [0.3, 0.4) is 0 Å². The third-order valence-corrected chi connectivity index (χ3v) is 6.20. The highest BCUT2D eigenvalue weighted by atomic mass is 32.1. The van der Waals surface area contributed by atoms with Gasteiger partial charge in [-0.25, -0.2) is 0 Å². The van der Waals surface area contributed by atoms with E-state index in [4.69, 9.17) is 4.99 Å². The summed E-state index contributed by atoms with van der Waals surface area (Å²) < 4.78 is 4.68. The van der Waals surface area contributed by atoms with E-state index in [9.17, 15) is 4.79 Å². The number of nitrogens with zero attached hydrogens (tertiary/aromatic N) is 2. The number of aliphatic imine (C=N–C) groups is 1. The highest BCUT2D eigenvalue weighted by Crippen LogP contribution is 2.29. The molecule has 1 fully saturated rings. The summed E-state index contributed by atoms with van der Waals surface area (Å²) in [7, 11) is 1.43. The summed E-state index contributed by atoms with van der Waals surface area (Å²) in [6.07, 6.45) is 4.74. The van der Waals surface area contributed by atoms with Crippen molar-refractivity contribution in [2.75, 3.05) is 39.8 Å². The van der Waals surface area contributed by atoms with Gasteiger partial charge in [-0.15, -0.1) is 11.3 Å². The summed E-state index contributed by atoms with van der Waals surface area (Å²) >= 11 is 1.82. The van der Waals surface area contributed by atoms with Gasteiger partial charge in [-0.3, -0.25) is 14.7 Å². The maximum atomic E-state index is 11.2. The molecule has 1 aliphatic rings. The molecular weight excluding hydrogens is 372 g/mol. The second-order valence-corrected chi connectivity index (χ2v) is 8.41. The smallest absolute Gasteiger partial charge is 0.305 e. The lowest BCUT2D eigenvalue weighted by molar-refractivity contribution is -0.140. The van der Waals surface area contributed by atoms with Crippen molar-refractivity contribution >= 4 is 23.3 Å². The molecule has 1 aromatic heterocycles. The summed E-state index contributed by atoms with van der Waals surface area (Å²) in [6, 6.07) is 4.71. The Morgan fingerprint density at radius 1 is 1.36 bits per heavy atom. The van der Waals surface area contributed by atoms with Crippen molar-refractivity contribution in [2.24, 2.45) is 10.9 Å². The lowest BCUT2D eigenvalue weighted by Gasteiger charge is -2.35. The third kappa shape index (κ3) is 7.80. The van der Waals surface area contributed by atoms with Crippen molar-refractivity contribution in [2.45, 2.75) is 52.0 Å². The number of likely N-dealkylation sites (tertiary alicyclic amines) is 1. The number of carbonyl (C=O) groups excluding carboxylic acids is 1. The van der Waals surface area contributed by atoms with E-state index in [1.54, 1.807) is 0 Å². The molecule has 1 saturated heterocycles. The molecule has 0 bridgehead atoms. The zero-order chi connectivity index (χ0) is 20.2. The molecule has 0 amide bonds. The van der Waals surface area contributed by atoms with Crippen LogP contribution < -0.4 is 10.6 Å². The maximum absolute atomic E-state index is 11.2. The van der Waals surface area contributed by atoms with Gasteiger partial charge in [0.25, 0.3) is 0 Å². The fraction of sp³-hybridized carbons (Fsp3) is 0.714. The number of guanidine groups is 1. The first-order valence-corrected chi connectivity index (χ1v) is 11.4. The van der Waals surface area contributed by atoms with Gasteiger partial charge < -0.3 is 15.4 Å². The number of rotatable bonds is 10. The van der Waals surface area contributed by atoms with Crippen LogP contribution in [0.5, 0.6) is 0 Å². The molecule has 1 aromatic rings. The quantitative estimate of drug-likeness (QED) is 0.269. The van der Waals surface area contributed by atoms with Crippen molar-refractivity contribution in [1.82, 2.24) is 15.5 Å². The number of thiophene rings is 1. The predicted octanol–water partition coefficient (Wildman–Crippen LogP) is 3.42. The molecule has 2 heterocycles. The van der Waals surface area contributed by atoms with E-state index < -0.39 is 0 Å². The second-order valence-electron chi connectivity index (χ2n) is 7.43. The Kier molecular flexibility index (Phi) is 10.4. The highest BCUT2D eigenvalue weighted by Gasteiger charge is 2.25. The molecular formula is C21H36N4O2S. The van der Waals surface area contributed by atoms with Crippen molar-refractivity contribution in [1.29, 1.82) is 0 Å². The topological polar surface area (TPSA) is 66.0 Å². The van der Waals surface area contributed by atoms with Crippen LogP contribution in [0.1, 0.15) is 56.9 Å². The van der Waals surface area contributed by atoms with Crippen LogP contribution in [-0.4, -0.2) is 56.7 Å². The van der Waals surface area contributed by atoms with Crippen LogP contribution in [0.4, 0.5) is 0 Å². The summed E-state index contributed by atoms with van der Waals surface area (Å²) in [6.45, 7) is 9.12. The van der Waals surface area contributed by atoms with E-state index in [2.05, 4.69) is 51.6 Å². The van der Waals surface area contributed by atoms with Gasteiger partial charge in [0.2, 0.25) is 0 Å². The molecule has 0 spiro atoms. The minimum Gasteiger partial charge on any atom is -0.469 e. The summed E-state index contributed by atoms with van der Waals surface area (Å²) in [5.74, 6) is 1.54. The zero-order valence-corrected chi connectivity index (χ0v) is 18.4. The molecule has 0 aromatic carbocycles. The van der Waals surface area contributed by atoms with Gasteiger partial charge in [0, 0.05) is 24.4 Å². The van der Waals surface area contributed by atoms with Crippen molar-refractivity contribution in [3.05, 3.63) is 22.4 Å². The number of unbranched alkanes of at least 4 members (excludes halogenated alkanes) is 1. The Morgan fingerprint density at radius 2 is 2.14 bits per heavy atom. The van der Waals surface area contributed by atoms with Crippen molar-refractivity contribution in [3.8, 4) is 0 Å². The monoisotopic (exact) mass is 408 g/mol. The number of methoxy groups -OCH3 is 1. The third-order valence-electron chi connectivity index (χ3n) is 5.22. The number of hydrogen-bond donors (Lipinski definition) is 2. The van der Waals surface area contributed by atoms with E-state index in [0.29, 0.717) is 12.5 Å². The van der Waals surface area contributed by atoms with E-state index in [1.165, 1.54) is 24.8 Å². The van der Waals surface area contributed by atoms with Crippen LogP contribution in [0.2, 0.25) is 0 Å². The molecule has 7 heteroatoms. The van der Waals surface area contributed by atoms with Crippen LogP contribution in [0, 0.1) is 5.92 Å². The Morgan fingerprint density at radius 3 is 2.79 bits per heavy atom. The standard InChI is InChI=1S/C21H36N4O2S/c1-4-22-21(23-12-6-5-9-20(26)27-3)24-16-18(19-8-7-15-28-19)25-13-10-17(2)11-14-25/h7-8,15,17-18H,4-6,9-14,16H2,1-3H3,(H2,22,23,24). The van der Waals surface area contributed by atoms with Crippen LogP contribution >= 0.6 is 11.3 Å². The molecule has 28 heavy (non-hydrogen) atoms. The minimum absolute atomic E-state index is 0.143. The maximum Gasteiger partial charge on any atom is 0.305 e. The predicted molar refractivity (Wildman–Crippen MR) is 117 cm³/mol. The Labute approximate surface area is 173 Å². The summed E-state index contributed by atoms with van der Waals surface area (Å²) in [5, 5.41) is 8.89. The molecule has 6 nitrogen and oxygen atoms in total. The number of hydrogen-bond acceptors (Lipinski definition) is 5. The summed E-state index contributed by atoms with van der Waals surface area (Å²) in [5.41, 5.74) is 0. The normalized spacial score (nSPS) is 17.3. The molecule has 1 atom stereocenters. The lowest BCUT2D eigenvalue weighted by atomic mass is 9.97.